The highest BCUT2D eigenvalue weighted by Gasteiger charge is 2.12. The molecule has 0 heterocycles. The molecule has 0 aromatic heterocycles. The first-order chi connectivity index (χ1) is 7.99. The second-order valence-corrected chi connectivity index (χ2v) is 4.50. The Bertz CT molecular complexity index is 548. The van der Waals surface area contributed by atoms with Crippen molar-refractivity contribution in [3.8, 4) is 22.6 Å². The summed E-state index contributed by atoms with van der Waals surface area (Å²) in [5.41, 5.74) is 4.34. The number of hydrogen-bond acceptors (Lipinski definition) is 2. The van der Waals surface area contributed by atoms with Gasteiger partial charge in [-0.25, -0.2) is 0 Å². The van der Waals surface area contributed by atoms with Crippen LogP contribution >= 0.6 is 0 Å². The number of phenolic OH excluding ortho intramolecular Hbond substituents is 2. The van der Waals surface area contributed by atoms with Gasteiger partial charge in [-0.15, -0.1) is 0 Å². The summed E-state index contributed by atoms with van der Waals surface area (Å²) >= 11 is 0. The highest BCUT2D eigenvalue weighted by atomic mass is 16.3. The van der Waals surface area contributed by atoms with Crippen LogP contribution in [0.1, 0.15) is 16.7 Å². The van der Waals surface area contributed by atoms with E-state index in [9.17, 15) is 10.2 Å². The predicted octanol–water partition coefficient (Wildman–Crippen LogP) is 3.69. The third kappa shape index (κ3) is 2.11. The van der Waals surface area contributed by atoms with E-state index in [1.54, 1.807) is 12.1 Å². The molecule has 0 atom stereocenters. The summed E-state index contributed by atoms with van der Waals surface area (Å²) < 4.78 is 0. The molecule has 2 aromatic rings. The Balaban J connectivity index is 2.68. The van der Waals surface area contributed by atoms with Crippen LogP contribution < -0.4 is 0 Å². The molecular formula is C15H16O2. The Morgan fingerprint density at radius 1 is 0.765 bits per heavy atom. The van der Waals surface area contributed by atoms with Crippen LogP contribution in [0.2, 0.25) is 0 Å². The highest BCUT2D eigenvalue weighted by Crippen LogP contribution is 2.38. The van der Waals surface area contributed by atoms with Gasteiger partial charge in [0.1, 0.15) is 11.5 Å². The van der Waals surface area contributed by atoms with Crippen molar-refractivity contribution in [2.75, 3.05) is 0 Å². The summed E-state index contributed by atoms with van der Waals surface area (Å²) in [5, 5.41) is 20.0. The molecule has 0 saturated carbocycles. The maximum absolute atomic E-state index is 10.0. The number of phenols is 2. The average molecular weight is 228 g/mol. The van der Waals surface area contributed by atoms with Crippen LogP contribution in [0.4, 0.5) is 0 Å². The van der Waals surface area contributed by atoms with Crippen LogP contribution in [0.25, 0.3) is 11.1 Å². The lowest BCUT2D eigenvalue weighted by Gasteiger charge is -2.12. The van der Waals surface area contributed by atoms with Gasteiger partial charge in [0.15, 0.2) is 0 Å². The number of benzene rings is 2. The molecule has 0 unspecified atom stereocenters. The van der Waals surface area contributed by atoms with Crippen LogP contribution in [-0.4, -0.2) is 10.2 Å². The van der Waals surface area contributed by atoms with Gasteiger partial charge in [-0.2, -0.15) is 0 Å². The quantitative estimate of drug-likeness (QED) is 0.781. The number of aromatic hydroxyl groups is 2. The molecular weight excluding hydrogens is 212 g/mol. The first-order valence-corrected chi connectivity index (χ1v) is 5.59. The van der Waals surface area contributed by atoms with Gasteiger partial charge in [0.05, 0.1) is 0 Å². The molecule has 0 fully saturated rings. The Morgan fingerprint density at radius 3 is 2.00 bits per heavy atom. The first-order valence-electron chi connectivity index (χ1n) is 5.59. The highest BCUT2D eigenvalue weighted by molar-refractivity contribution is 5.78. The van der Waals surface area contributed by atoms with Crippen molar-refractivity contribution in [2.45, 2.75) is 20.8 Å². The van der Waals surface area contributed by atoms with E-state index in [2.05, 4.69) is 0 Å². The topological polar surface area (TPSA) is 40.5 Å². The largest absolute Gasteiger partial charge is 0.507 e. The van der Waals surface area contributed by atoms with Crippen molar-refractivity contribution in [2.24, 2.45) is 0 Å². The lowest BCUT2D eigenvalue weighted by Crippen LogP contribution is -1.88. The third-order valence-corrected chi connectivity index (χ3v) is 2.88. The Hall–Kier alpha value is -1.96. The molecule has 2 rings (SSSR count). The fourth-order valence-electron chi connectivity index (χ4n) is 2.15. The number of rotatable bonds is 1. The summed E-state index contributed by atoms with van der Waals surface area (Å²) in [6, 6.07) is 9.17. The second kappa shape index (κ2) is 4.13. The Labute approximate surface area is 101 Å². The van der Waals surface area contributed by atoms with E-state index in [0.717, 1.165) is 16.7 Å². The number of aryl methyl sites for hydroxylation is 3. The minimum absolute atomic E-state index is 0.201. The van der Waals surface area contributed by atoms with Crippen LogP contribution in [0, 0.1) is 20.8 Å². The third-order valence-electron chi connectivity index (χ3n) is 2.88. The van der Waals surface area contributed by atoms with Gasteiger partial charge < -0.3 is 10.2 Å². The first kappa shape index (κ1) is 11.5. The minimum atomic E-state index is 0.201. The van der Waals surface area contributed by atoms with Crippen molar-refractivity contribution in [3.63, 3.8) is 0 Å². The van der Waals surface area contributed by atoms with Crippen molar-refractivity contribution < 1.29 is 10.2 Å². The molecule has 0 amide bonds. The van der Waals surface area contributed by atoms with E-state index in [0.29, 0.717) is 11.1 Å². The van der Waals surface area contributed by atoms with E-state index in [4.69, 9.17) is 0 Å². The van der Waals surface area contributed by atoms with E-state index >= 15 is 0 Å². The van der Waals surface area contributed by atoms with Crippen molar-refractivity contribution in [1.82, 2.24) is 0 Å². The lowest BCUT2D eigenvalue weighted by molar-refractivity contribution is 0.468. The van der Waals surface area contributed by atoms with Crippen LogP contribution in [0.3, 0.4) is 0 Å². The molecule has 2 nitrogen and oxygen atoms in total. The van der Waals surface area contributed by atoms with Crippen molar-refractivity contribution in [1.29, 1.82) is 0 Å². The molecule has 0 aliphatic rings. The van der Waals surface area contributed by atoms with Gasteiger partial charge in [0, 0.05) is 11.1 Å². The summed E-state index contributed by atoms with van der Waals surface area (Å²) in [5.74, 6) is 0.411. The second-order valence-electron chi connectivity index (χ2n) is 4.50. The molecule has 88 valence electrons. The normalized spacial score (nSPS) is 10.5. The molecule has 2 N–H and O–H groups in total. The number of hydrogen-bond donors (Lipinski definition) is 2. The van der Waals surface area contributed by atoms with Gasteiger partial charge in [-0.05, 0) is 49.6 Å². The van der Waals surface area contributed by atoms with E-state index in [1.165, 1.54) is 0 Å². The van der Waals surface area contributed by atoms with E-state index in [1.807, 2.05) is 39.0 Å². The summed E-state index contributed by atoms with van der Waals surface area (Å²) in [6.45, 7) is 5.79. The summed E-state index contributed by atoms with van der Waals surface area (Å²) in [7, 11) is 0. The lowest BCUT2D eigenvalue weighted by atomic mass is 9.96. The molecule has 0 saturated heterocycles. The molecule has 0 spiro atoms. The molecule has 0 aliphatic carbocycles. The van der Waals surface area contributed by atoms with E-state index < -0.39 is 0 Å². The fourth-order valence-corrected chi connectivity index (χ4v) is 2.15. The van der Waals surface area contributed by atoms with Gasteiger partial charge >= 0.3 is 0 Å². The Morgan fingerprint density at radius 2 is 1.41 bits per heavy atom. The van der Waals surface area contributed by atoms with Gasteiger partial charge in [0.25, 0.3) is 0 Å². The maximum Gasteiger partial charge on any atom is 0.124 e. The van der Waals surface area contributed by atoms with Crippen LogP contribution in [0.15, 0.2) is 30.3 Å². The average Bonchev–Trinajstić information content (AvgIpc) is 2.19. The SMILES string of the molecule is Cc1ccc(-c2c(C)cc(C)cc2O)c(O)c1. The molecule has 2 heteroatoms. The predicted molar refractivity (Wildman–Crippen MR) is 69.4 cm³/mol. The van der Waals surface area contributed by atoms with Crippen molar-refractivity contribution >= 4 is 0 Å². The van der Waals surface area contributed by atoms with Gasteiger partial charge in [-0.3, -0.25) is 0 Å². The molecule has 17 heavy (non-hydrogen) atoms. The molecule has 0 aliphatic heterocycles. The zero-order valence-corrected chi connectivity index (χ0v) is 10.3. The minimum Gasteiger partial charge on any atom is -0.507 e. The van der Waals surface area contributed by atoms with E-state index in [-0.39, 0.29) is 11.5 Å². The zero-order chi connectivity index (χ0) is 12.6. The smallest absolute Gasteiger partial charge is 0.124 e. The Kier molecular flexibility index (Phi) is 2.80. The van der Waals surface area contributed by atoms with Gasteiger partial charge in [0.2, 0.25) is 0 Å². The maximum atomic E-state index is 10.0. The van der Waals surface area contributed by atoms with Crippen LogP contribution in [-0.2, 0) is 0 Å². The molecule has 0 bridgehead atoms. The van der Waals surface area contributed by atoms with Gasteiger partial charge in [-0.1, -0.05) is 18.2 Å². The van der Waals surface area contributed by atoms with Crippen molar-refractivity contribution in [3.05, 3.63) is 47.0 Å². The molecule has 2 aromatic carbocycles. The monoisotopic (exact) mass is 228 g/mol. The summed E-state index contributed by atoms with van der Waals surface area (Å²) in [4.78, 5) is 0. The standard InChI is InChI=1S/C15H16O2/c1-9-4-5-12(13(16)7-9)15-11(3)6-10(2)8-14(15)17/h4-8,16-17H,1-3H3. The summed E-state index contributed by atoms with van der Waals surface area (Å²) in [6.07, 6.45) is 0. The molecule has 0 radical (unpaired) electrons. The van der Waals surface area contributed by atoms with Crippen LogP contribution in [0.5, 0.6) is 11.5 Å². The fraction of sp³-hybridized carbons (Fsp3) is 0.200. The zero-order valence-electron chi connectivity index (χ0n) is 10.3.